The van der Waals surface area contributed by atoms with Gasteiger partial charge in [0.2, 0.25) is 0 Å². The Bertz CT molecular complexity index is 1130. The number of anilines is 1. The first-order valence-corrected chi connectivity index (χ1v) is 9.02. The molecule has 0 radical (unpaired) electrons. The lowest BCUT2D eigenvalue weighted by atomic mass is 10.1. The Hall–Kier alpha value is -3.31. The number of benzene rings is 2. The van der Waals surface area contributed by atoms with Gasteiger partial charge in [-0.3, -0.25) is 4.79 Å². The molecule has 0 fully saturated rings. The Kier molecular flexibility index (Phi) is 5.89. The number of hydrogen-bond acceptors (Lipinski definition) is 3. The molecule has 0 atom stereocenters. The summed E-state index contributed by atoms with van der Waals surface area (Å²) in [5, 5.41) is 11.6. The van der Waals surface area contributed by atoms with Gasteiger partial charge < -0.3 is 9.73 Å². The van der Waals surface area contributed by atoms with Gasteiger partial charge in [-0.25, -0.2) is 0 Å². The Labute approximate surface area is 172 Å². The number of carbonyl (C=O) groups excluding carboxylic acids is 1. The number of halogens is 4. The molecule has 0 saturated carbocycles. The Morgan fingerprint density at radius 2 is 1.86 bits per heavy atom. The van der Waals surface area contributed by atoms with Gasteiger partial charge in [-0.05, 0) is 42.5 Å². The van der Waals surface area contributed by atoms with Crippen LogP contribution >= 0.6 is 15.9 Å². The number of rotatable bonds is 4. The highest BCUT2D eigenvalue weighted by molar-refractivity contribution is 9.10. The van der Waals surface area contributed by atoms with Crippen molar-refractivity contribution in [1.29, 1.82) is 5.26 Å². The number of nitrogens with zero attached hydrogens (tertiary/aromatic N) is 1. The van der Waals surface area contributed by atoms with Gasteiger partial charge in [0.1, 0.15) is 23.2 Å². The van der Waals surface area contributed by atoms with Crippen LogP contribution < -0.4 is 5.32 Å². The third-order valence-corrected chi connectivity index (χ3v) is 4.33. The molecule has 8 heteroatoms. The fraction of sp³-hybridized carbons (Fsp3) is 0.0476. The van der Waals surface area contributed by atoms with E-state index in [4.69, 9.17) is 4.42 Å². The third kappa shape index (κ3) is 5.15. The SMILES string of the molecule is N#C/C(=C/c1ccc(-c2cccc(Br)c2)o1)C(=O)Nc1cccc(C(F)(F)F)c1. The third-order valence-electron chi connectivity index (χ3n) is 3.84. The minimum absolute atomic E-state index is 0.0692. The van der Waals surface area contributed by atoms with Crippen LogP contribution in [0.1, 0.15) is 11.3 Å². The van der Waals surface area contributed by atoms with Gasteiger partial charge in [0.25, 0.3) is 5.91 Å². The molecule has 1 amide bonds. The lowest BCUT2D eigenvalue weighted by Crippen LogP contribution is -2.14. The van der Waals surface area contributed by atoms with Crippen molar-refractivity contribution >= 4 is 33.6 Å². The number of nitrogens with one attached hydrogen (secondary N) is 1. The fourth-order valence-corrected chi connectivity index (χ4v) is 2.89. The normalized spacial score (nSPS) is 11.8. The molecular formula is C21H12BrF3N2O2. The molecule has 146 valence electrons. The largest absolute Gasteiger partial charge is 0.457 e. The molecule has 1 N–H and O–H groups in total. The smallest absolute Gasteiger partial charge is 0.416 e. The van der Waals surface area contributed by atoms with Crippen LogP contribution in [0.2, 0.25) is 0 Å². The van der Waals surface area contributed by atoms with Gasteiger partial charge in [0, 0.05) is 21.8 Å². The average Bonchev–Trinajstić information content (AvgIpc) is 3.14. The zero-order valence-corrected chi connectivity index (χ0v) is 16.2. The number of alkyl halides is 3. The quantitative estimate of drug-likeness (QED) is 0.368. The summed E-state index contributed by atoms with van der Waals surface area (Å²) in [5.74, 6) is -0.0453. The van der Waals surface area contributed by atoms with Crippen LogP contribution in [-0.4, -0.2) is 5.91 Å². The maximum atomic E-state index is 12.8. The van der Waals surface area contributed by atoms with Crippen molar-refractivity contribution in [2.75, 3.05) is 5.32 Å². The second-order valence-corrected chi connectivity index (χ2v) is 6.83. The Balaban J connectivity index is 1.80. The molecule has 4 nitrogen and oxygen atoms in total. The molecule has 0 saturated heterocycles. The number of amides is 1. The molecule has 1 aromatic heterocycles. The van der Waals surface area contributed by atoms with Gasteiger partial charge in [-0.15, -0.1) is 0 Å². The zero-order valence-electron chi connectivity index (χ0n) is 14.6. The maximum absolute atomic E-state index is 12.8. The molecule has 2 aromatic carbocycles. The van der Waals surface area contributed by atoms with E-state index in [1.165, 1.54) is 18.2 Å². The first-order chi connectivity index (χ1) is 13.8. The summed E-state index contributed by atoms with van der Waals surface area (Å²) in [6.45, 7) is 0. The van der Waals surface area contributed by atoms with Gasteiger partial charge in [-0.1, -0.05) is 34.1 Å². The summed E-state index contributed by atoms with van der Waals surface area (Å²) >= 11 is 3.37. The number of carbonyl (C=O) groups is 1. The van der Waals surface area contributed by atoms with Crippen LogP contribution in [0, 0.1) is 11.3 Å². The second kappa shape index (κ2) is 8.37. The number of furan rings is 1. The van der Waals surface area contributed by atoms with E-state index in [-0.39, 0.29) is 17.0 Å². The molecule has 0 aliphatic rings. The zero-order chi connectivity index (χ0) is 21.0. The first kappa shape index (κ1) is 20.4. The summed E-state index contributed by atoms with van der Waals surface area (Å²) in [5.41, 5.74) is -0.480. The summed E-state index contributed by atoms with van der Waals surface area (Å²) < 4.78 is 44.9. The lowest BCUT2D eigenvalue weighted by molar-refractivity contribution is -0.137. The van der Waals surface area contributed by atoms with Crippen LogP contribution in [-0.2, 0) is 11.0 Å². The minimum Gasteiger partial charge on any atom is -0.457 e. The summed E-state index contributed by atoms with van der Waals surface area (Å²) in [6, 6.07) is 16.6. The molecular weight excluding hydrogens is 449 g/mol. The van der Waals surface area contributed by atoms with E-state index in [1.807, 2.05) is 24.3 Å². The molecule has 1 heterocycles. The van der Waals surface area contributed by atoms with Crippen molar-refractivity contribution < 1.29 is 22.4 Å². The van der Waals surface area contributed by atoms with E-state index in [0.717, 1.165) is 22.2 Å². The standard InChI is InChI=1S/C21H12BrF3N2O2/c22-16-5-1-3-13(9-16)19-8-7-18(29-19)10-14(12-26)20(28)27-17-6-2-4-15(11-17)21(23,24)25/h1-11H,(H,27,28)/b14-10-. The van der Waals surface area contributed by atoms with Crippen molar-refractivity contribution in [2.24, 2.45) is 0 Å². The van der Waals surface area contributed by atoms with Crippen LogP contribution in [0.3, 0.4) is 0 Å². The van der Waals surface area contributed by atoms with Crippen molar-refractivity contribution in [3.8, 4) is 17.4 Å². The van der Waals surface area contributed by atoms with Crippen molar-refractivity contribution in [3.63, 3.8) is 0 Å². The average molecular weight is 461 g/mol. The van der Waals surface area contributed by atoms with E-state index in [9.17, 15) is 23.2 Å². The summed E-state index contributed by atoms with van der Waals surface area (Å²) in [7, 11) is 0. The van der Waals surface area contributed by atoms with Crippen molar-refractivity contribution in [1.82, 2.24) is 0 Å². The van der Waals surface area contributed by atoms with Crippen LogP contribution in [0.4, 0.5) is 18.9 Å². The second-order valence-electron chi connectivity index (χ2n) is 5.91. The topological polar surface area (TPSA) is 66.0 Å². The molecule has 3 aromatic rings. The lowest BCUT2D eigenvalue weighted by Gasteiger charge is -2.09. The molecule has 29 heavy (non-hydrogen) atoms. The molecule has 0 unspecified atom stereocenters. The van der Waals surface area contributed by atoms with Gasteiger partial charge in [0.05, 0.1) is 5.56 Å². The fourth-order valence-electron chi connectivity index (χ4n) is 2.49. The predicted molar refractivity (Wildman–Crippen MR) is 106 cm³/mol. The Morgan fingerprint density at radius 1 is 1.10 bits per heavy atom. The van der Waals surface area contributed by atoms with Crippen LogP contribution in [0.5, 0.6) is 0 Å². The minimum atomic E-state index is -4.54. The van der Waals surface area contributed by atoms with E-state index in [2.05, 4.69) is 21.2 Å². The maximum Gasteiger partial charge on any atom is 0.416 e. The number of nitriles is 1. The van der Waals surface area contributed by atoms with E-state index >= 15 is 0 Å². The molecule has 0 aliphatic carbocycles. The molecule has 0 aliphatic heterocycles. The van der Waals surface area contributed by atoms with E-state index in [1.54, 1.807) is 18.2 Å². The van der Waals surface area contributed by atoms with E-state index in [0.29, 0.717) is 5.76 Å². The monoisotopic (exact) mass is 460 g/mol. The van der Waals surface area contributed by atoms with Crippen LogP contribution in [0.15, 0.2) is 75.1 Å². The summed E-state index contributed by atoms with van der Waals surface area (Å²) in [4.78, 5) is 12.3. The Morgan fingerprint density at radius 3 is 2.55 bits per heavy atom. The molecule has 3 rings (SSSR count). The van der Waals surface area contributed by atoms with Gasteiger partial charge in [-0.2, -0.15) is 18.4 Å². The highest BCUT2D eigenvalue weighted by atomic mass is 79.9. The van der Waals surface area contributed by atoms with Crippen molar-refractivity contribution in [2.45, 2.75) is 6.18 Å². The van der Waals surface area contributed by atoms with Crippen molar-refractivity contribution in [3.05, 3.63) is 82.0 Å². The first-order valence-electron chi connectivity index (χ1n) is 8.22. The van der Waals surface area contributed by atoms with Crippen LogP contribution in [0.25, 0.3) is 17.4 Å². The highest BCUT2D eigenvalue weighted by Crippen LogP contribution is 2.31. The predicted octanol–water partition coefficient (Wildman–Crippen LogP) is 6.27. The van der Waals surface area contributed by atoms with Gasteiger partial charge >= 0.3 is 6.18 Å². The molecule has 0 spiro atoms. The molecule has 0 bridgehead atoms. The summed E-state index contributed by atoms with van der Waals surface area (Å²) in [6.07, 6.45) is -3.31. The van der Waals surface area contributed by atoms with E-state index < -0.39 is 17.6 Å². The van der Waals surface area contributed by atoms with Gasteiger partial charge in [0.15, 0.2) is 0 Å². The highest BCUT2D eigenvalue weighted by Gasteiger charge is 2.30. The number of hydrogen-bond donors (Lipinski definition) is 1.